The standard InChI is InChI=1S/C10H13Cl3O/c1-9(2)4-3-7(6-14)5-8(9)10(11,12)13/h5-7H,3-4H2,1-2H3. The van der Waals surface area contributed by atoms with Gasteiger partial charge in [-0.05, 0) is 23.8 Å². The molecule has 0 aromatic heterocycles. The zero-order valence-electron chi connectivity index (χ0n) is 8.19. The molecule has 0 amide bonds. The Labute approximate surface area is 99.4 Å². The van der Waals surface area contributed by atoms with Crippen LogP contribution in [-0.4, -0.2) is 10.1 Å². The fourth-order valence-corrected chi connectivity index (χ4v) is 2.73. The molecule has 0 saturated carbocycles. The summed E-state index contributed by atoms with van der Waals surface area (Å²) in [5.41, 5.74) is 0.600. The van der Waals surface area contributed by atoms with Crippen molar-refractivity contribution in [3.63, 3.8) is 0 Å². The molecular weight excluding hydrogens is 242 g/mol. The van der Waals surface area contributed by atoms with Gasteiger partial charge in [0.15, 0.2) is 0 Å². The van der Waals surface area contributed by atoms with Crippen molar-refractivity contribution in [3.05, 3.63) is 11.6 Å². The summed E-state index contributed by atoms with van der Waals surface area (Å²) in [5, 5.41) is 0. The first-order valence-corrected chi connectivity index (χ1v) is 5.65. The average Bonchev–Trinajstić information content (AvgIpc) is 2.01. The van der Waals surface area contributed by atoms with Gasteiger partial charge in [0.25, 0.3) is 0 Å². The van der Waals surface area contributed by atoms with E-state index in [0.717, 1.165) is 24.7 Å². The maximum atomic E-state index is 10.7. The summed E-state index contributed by atoms with van der Waals surface area (Å²) in [7, 11) is 0. The van der Waals surface area contributed by atoms with Crippen LogP contribution in [0.4, 0.5) is 0 Å². The van der Waals surface area contributed by atoms with E-state index in [9.17, 15) is 4.79 Å². The lowest BCUT2D eigenvalue weighted by molar-refractivity contribution is -0.110. The highest BCUT2D eigenvalue weighted by atomic mass is 35.6. The molecule has 0 radical (unpaired) electrons. The van der Waals surface area contributed by atoms with Crippen LogP contribution >= 0.6 is 34.8 Å². The van der Waals surface area contributed by atoms with Gasteiger partial charge in [-0.25, -0.2) is 0 Å². The third-order valence-electron chi connectivity index (χ3n) is 2.69. The molecule has 14 heavy (non-hydrogen) atoms. The van der Waals surface area contributed by atoms with Crippen LogP contribution in [-0.2, 0) is 4.79 Å². The van der Waals surface area contributed by atoms with Gasteiger partial charge in [-0.3, -0.25) is 0 Å². The van der Waals surface area contributed by atoms with E-state index in [0.29, 0.717) is 0 Å². The number of halogens is 3. The summed E-state index contributed by atoms with van der Waals surface area (Å²) >= 11 is 17.6. The van der Waals surface area contributed by atoms with Crippen LogP contribution in [0, 0.1) is 11.3 Å². The minimum Gasteiger partial charge on any atom is -0.303 e. The monoisotopic (exact) mass is 254 g/mol. The molecule has 0 saturated heterocycles. The molecule has 0 N–H and O–H groups in total. The van der Waals surface area contributed by atoms with E-state index in [1.165, 1.54) is 0 Å². The van der Waals surface area contributed by atoms with Crippen LogP contribution in [0.1, 0.15) is 26.7 Å². The highest BCUT2D eigenvalue weighted by Crippen LogP contribution is 2.49. The maximum Gasteiger partial charge on any atom is 0.212 e. The summed E-state index contributed by atoms with van der Waals surface area (Å²) in [6, 6.07) is 0. The normalized spacial score (nSPS) is 26.9. The topological polar surface area (TPSA) is 17.1 Å². The van der Waals surface area contributed by atoms with Gasteiger partial charge in [0.2, 0.25) is 3.79 Å². The third-order valence-corrected chi connectivity index (χ3v) is 3.30. The highest BCUT2D eigenvalue weighted by Gasteiger charge is 2.40. The molecule has 1 aliphatic carbocycles. The van der Waals surface area contributed by atoms with Crippen molar-refractivity contribution < 1.29 is 4.79 Å². The number of alkyl halides is 3. The Hall–Kier alpha value is 0.280. The molecule has 1 atom stereocenters. The molecule has 1 nitrogen and oxygen atoms in total. The summed E-state index contributed by atoms with van der Waals surface area (Å²) < 4.78 is -1.40. The van der Waals surface area contributed by atoms with Crippen molar-refractivity contribution in [1.29, 1.82) is 0 Å². The molecule has 0 aromatic rings. The largest absolute Gasteiger partial charge is 0.303 e. The smallest absolute Gasteiger partial charge is 0.212 e. The van der Waals surface area contributed by atoms with E-state index in [2.05, 4.69) is 0 Å². The number of rotatable bonds is 1. The number of carbonyl (C=O) groups excluding carboxylic acids is 1. The zero-order valence-corrected chi connectivity index (χ0v) is 10.5. The fourth-order valence-electron chi connectivity index (χ4n) is 1.77. The van der Waals surface area contributed by atoms with Crippen LogP contribution in [0.15, 0.2) is 11.6 Å². The number of hydrogen-bond donors (Lipinski definition) is 0. The van der Waals surface area contributed by atoms with Gasteiger partial charge >= 0.3 is 0 Å². The summed E-state index contributed by atoms with van der Waals surface area (Å²) in [6.45, 7) is 4.06. The van der Waals surface area contributed by atoms with Crippen molar-refractivity contribution in [2.75, 3.05) is 0 Å². The van der Waals surface area contributed by atoms with E-state index in [1.54, 1.807) is 6.08 Å². The Morgan fingerprint density at radius 1 is 1.50 bits per heavy atom. The Morgan fingerprint density at radius 2 is 2.07 bits per heavy atom. The van der Waals surface area contributed by atoms with E-state index in [-0.39, 0.29) is 11.3 Å². The molecule has 0 fully saturated rings. The van der Waals surface area contributed by atoms with Gasteiger partial charge in [0.1, 0.15) is 6.29 Å². The molecule has 1 aliphatic rings. The van der Waals surface area contributed by atoms with E-state index in [4.69, 9.17) is 34.8 Å². The highest BCUT2D eigenvalue weighted by molar-refractivity contribution is 6.69. The summed E-state index contributed by atoms with van der Waals surface area (Å²) in [4.78, 5) is 10.7. The number of allylic oxidation sites excluding steroid dienone is 2. The molecule has 80 valence electrons. The van der Waals surface area contributed by atoms with Crippen LogP contribution in [0.2, 0.25) is 0 Å². The Balaban J connectivity index is 3.06. The first kappa shape index (κ1) is 12.4. The van der Waals surface area contributed by atoms with Crippen molar-refractivity contribution in [1.82, 2.24) is 0 Å². The van der Waals surface area contributed by atoms with Crippen molar-refractivity contribution in [2.45, 2.75) is 30.5 Å². The van der Waals surface area contributed by atoms with Crippen molar-refractivity contribution in [3.8, 4) is 0 Å². The van der Waals surface area contributed by atoms with Crippen LogP contribution in [0.5, 0.6) is 0 Å². The van der Waals surface area contributed by atoms with Gasteiger partial charge in [0.05, 0.1) is 0 Å². The van der Waals surface area contributed by atoms with Crippen LogP contribution < -0.4 is 0 Å². The van der Waals surface area contributed by atoms with Crippen LogP contribution in [0.3, 0.4) is 0 Å². The second kappa shape index (κ2) is 4.03. The van der Waals surface area contributed by atoms with Crippen molar-refractivity contribution >= 4 is 41.1 Å². The van der Waals surface area contributed by atoms with Gasteiger partial charge in [-0.15, -0.1) is 0 Å². The van der Waals surface area contributed by atoms with E-state index >= 15 is 0 Å². The SMILES string of the molecule is CC1(C)CCC(C=O)C=C1C(Cl)(Cl)Cl. The Kier molecular flexibility index (Phi) is 3.56. The molecule has 0 heterocycles. The maximum absolute atomic E-state index is 10.7. The number of carbonyl (C=O) groups is 1. The fraction of sp³-hybridized carbons (Fsp3) is 0.700. The van der Waals surface area contributed by atoms with Gasteiger partial charge in [0, 0.05) is 5.92 Å². The van der Waals surface area contributed by atoms with Gasteiger partial charge in [-0.2, -0.15) is 0 Å². The van der Waals surface area contributed by atoms with Crippen LogP contribution in [0.25, 0.3) is 0 Å². The summed E-state index contributed by atoms with van der Waals surface area (Å²) in [5.74, 6) is -0.103. The minimum atomic E-state index is -1.40. The summed E-state index contributed by atoms with van der Waals surface area (Å²) in [6.07, 6.45) is 4.41. The van der Waals surface area contributed by atoms with E-state index < -0.39 is 3.79 Å². The van der Waals surface area contributed by atoms with E-state index in [1.807, 2.05) is 13.8 Å². The van der Waals surface area contributed by atoms with Gasteiger partial charge < -0.3 is 4.79 Å². The zero-order chi connectivity index (χ0) is 11.0. The number of hydrogen-bond acceptors (Lipinski definition) is 1. The minimum absolute atomic E-state index is 0.103. The lowest BCUT2D eigenvalue weighted by Gasteiger charge is -2.37. The Bertz CT molecular complexity index is 263. The molecule has 0 aromatic carbocycles. The lowest BCUT2D eigenvalue weighted by atomic mass is 9.73. The Morgan fingerprint density at radius 3 is 2.50 bits per heavy atom. The predicted molar refractivity (Wildman–Crippen MR) is 60.9 cm³/mol. The third kappa shape index (κ3) is 2.65. The second-order valence-corrected chi connectivity index (χ2v) is 6.58. The first-order chi connectivity index (χ1) is 6.27. The number of aldehydes is 1. The predicted octanol–water partition coefficient (Wildman–Crippen LogP) is 3.92. The second-order valence-electron chi connectivity index (χ2n) is 4.30. The molecule has 1 unspecified atom stereocenters. The first-order valence-electron chi connectivity index (χ1n) is 4.52. The van der Waals surface area contributed by atoms with Gasteiger partial charge in [-0.1, -0.05) is 54.7 Å². The van der Waals surface area contributed by atoms with Crippen molar-refractivity contribution in [2.24, 2.45) is 11.3 Å². The molecule has 0 aliphatic heterocycles. The molecular formula is C10H13Cl3O. The molecule has 1 rings (SSSR count). The average molecular weight is 256 g/mol. The molecule has 0 spiro atoms. The molecule has 4 heteroatoms. The quantitative estimate of drug-likeness (QED) is 0.394. The lowest BCUT2D eigenvalue weighted by Crippen LogP contribution is -2.29. The molecule has 0 bridgehead atoms.